The first-order valence-electron chi connectivity index (χ1n) is 11.9. The second-order valence-electron chi connectivity index (χ2n) is 8.66. The number of hydrogen-bond donors (Lipinski definition) is 2. The standard InChI is InChI=1S/C26H28F2N6O3S/c1-4-11-30-23(36)20(14-29)25-34(5-2)24(37)21(38-25)15-31-18-8-6-9-19(13-18)32(3)22(35)16-33-12-7-10-26(27,28)17-33/h1,6,8-9,13,15,31H,5,7,10-12,16-17H2,2-3H3,(H,30,36)/b21-15+,25-20-. The van der Waals surface area contributed by atoms with E-state index in [2.05, 4.69) is 16.6 Å². The number of halogens is 2. The molecule has 0 spiro atoms. The highest BCUT2D eigenvalue weighted by Crippen LogP contribution is 2.26. The van der Waals surface area contributed by atoms with Crippen LogP contribution in [0.25, 0.3) is 11.8 Å². The summed E-state index contributed by atoms with van der Waals surface area (Å²) >= 11 is 0.988. The van der Waals surface area contributed by atoms with E-state index >= 15 is 0 Å². The first-order chi connectivity index (χ1) is 18.1. The van der Waals surface area contributed by atoms with Crippen molar-refractivity contribution in [3.05, 3.63) is 43.8 Å². The highest BCUT2D eigenvalue weighted by atomic mass is 32.1. The third-order valence-electron chi connectivity index (χ3n) is 5.94. The first-order valence-corrected chi connectivity index (χ1v) is 12.7. The predicted octanol–water partition coefficient (Wildman–Crippen LogP) is 0.897. The van der Waals surface area contributed by atoms with Gasteiger partial charge in [0.2, 0.25) is 5.91 Å². The molecule has 0 radical (unpaired) electrons. The van der Waals surface area contributed by atoms with Crippen molar-refractivity contribution >= 4 is 46.3 Å². The van der Waals surface area contributed by atoms with Crippen LogP contribution in [-0.4, -0.2) is 60.4 Å². The molecular formula is C26H28F2N6O3S. The van der Waals surface area contributed by atoms with Gasteiger partial charge in [-0.3, -0.25) is 23.9 Å². The Hall–Kier alpha value is -4.00. The normalized spacial score (nSPS) is 16.2. The number of nitriles is 1. The van der Waals surface area contributed by atoms with E-state index in [0.29, 0.717) is 24.3 Å². The van der Waals surface area contributed by atoms with Crippen LogP contribution in [0.3, 0.4) is 0 Å². The van der Waals surface area contributed by atoms with E-state index in [1.807, 2.05) is 6.07 Å². The molecule has 0 bridgehead atoms. The summed E-state index contributed by atoms with van der Waals surface area (Å²) in [7, 11) is 1.57. The van der Waals surface area contributed by atoms with Crippen LogP contribution in [0.15, 0.2) is 29.1 Å². The molecule has 1 aliphatic rings. The zero-order valence-electron chi connectivity index (χ0n) is 21.1. The Balaban J connectivity index is 1.82. The van der Waals surface area contributed by atoms with Crippen molar-refractivity contribution in [1.29, 1.82) is 5.26 Å². The molecule has 1 fully saturated rings. The van der Waals surface area contributed by atoms with Crippen molar-refractivity contribution in [2.24, 2.45) is 0 Å². The highest BCUT2D eigenvalue weighted by Gasteiger charge is 2.36. The summed E-state index contributed by atoms with van der Waals surface area (Å²) in [6.07, 6.45) is 6.80. The summed E-state index contributed by atoms with van der Waals surface area (Å²) in [4.78, 5) is 40.8. The molecule has 0 atom stereocenters. The van der Waals surface area contributed by atoms with Gasteiger partial charge in [0.25, 0.3) is 17.4 Å². The van der Waals surface area contributed by atoms with Crippen LogP contribution < -0.4 is 30.3 Å². The van der Waals surface area contributed by atoms with Crippen LogP contribution in [0.2, 0.25) is 0 Å². The Morgan fingerprint density at radius 2 is 2.13 bits per heavy atom. The Kier molecular flexibility index (Phi) is 9.40. The molecule has 38 heavy (non-hydrogen) atoms. The number of piperidine rings is 1. The van der Waals surface area contributed by atoms with Crippen molar-refractivity contribution in [1.82, 2.24) is 14.8 Å². The lowest BCUT2D eigenvalue weighted by atomic mass is 10.1. The number of aromatic nitrogens is 1. The smallest absolute Gasteiger partial charge is 0.270 e. The molecule has 2 heterocycles. The number of thiazole rings is 1. The number of carbonyl (C=O) groups excluding carboxylic acids is 2. The second-order valence-corrected chi connectivity index (χ2v) is 9.69. The molecule has 1 aromatic carbocycles. The van der Waals surface area contributed by atoms with Gasteiger partial charge in [0.05, 0.1) is 19.6 Å². The number of nitrogens with zero attached hydrogens (tertiary/aromatic N) is 4. The number of carbonyl (C=O) groups is 2. The first kappa shape index (κ1) is 28.6. The maximum Gasteiger partial charge on any atom is 0.270 e. The second kappa shape index (κ2) is 12.5. The molecule has 200 valence electrons. The summed E-state index contributed by atoms with van der Waals surface area (Å²) in [6, 6.07) is 8.70. The van der Waals surface area contributed by atoms with Crippen LogP contribution in [0, 0.1) is 23.7 Å². The van der Waals surface area contributed by atoms with Crippen molar-refractivity contribution in [3.63, 3.8) is 0 Å². The number of likely N-dealkylation sites (tertiary alicyclic amines) is 1. The third kappa shape index (κ3) is 6.85. The number of benzene rings is 1. The number of anilines is 2. The zero-order chi connectivity index (χ0) is 27.9. The van der Waals surface area contributed by atoms with Gasteiger partial charge in [-0.1, -0.05) is 12.0 Å². The lowest BCUT2D eigenvalue weighted by Crippen LogP contribution is -2.47. The summed E-state index contributed by atoms with van der Waals surface area (Å²) in [5.74, 6) is -1.51. The zero-order valence-corrected chi connectivity index (χ0v) is 21.9. The minimum Gasteiger partial charge on any atom is -0.360 e. The molecule has 0 aliphatic carbocycles. The largest absolute Gasteiger partial charge is 0.360 e. The van der Waals surface area contributed by atoms with E-state index in [-0.39, 0.29) is 52.3 Å². The molecule has 1 aromatic heterocycles. The van der Waals surface area contributed by atoms with Crippen LogP contribution in [0.1, 0.15) is 19.8 Å². The van der Waals surface area contributed by atoms with Gasteiger partial charge in [-0.15, -0.1) is 17.8 Å². The average Bonchev–Trinajstić information content (AvgIpc) is 3.20. The van der Waals surface area contributed by atoms with Gasteiger partial charge in [0.15, 0.2) is 5.57 Å². The summed E-state index contributed by atoms with van der Waals surface area (Å²) < 4.78 is 29.2. The monoisotopic (exact) mass is 542 g/mol. The van der Waals surface area contributed by atoms with Gasteiger partial charge in [0.1, 0.15) is 15.3 Å². The van der Waals surface area contributed by atoms with E-state index < -0.39 is 18.4 Å². The van der Waals surface area contributed by atoms with Crippen molar-refractivity contribution in [3.8, 4) is 18.4 Å². The van der Waals surface area contributed by atoms with E-state index in [1.54, 1.807) is 38.2 Å². The van der Waals surface area contributed by atoms with E-state index in [9.17, 15) is 28.4 Å². The van der Waals surface area contributed by atoms with Crippen LogP contribution in [0.5, 0.6) is 0 Å². The average molecular weight is 543 g/mol. The molecule has 0 unspecified atom stereocenters. The van der Waals surface area contributed by atoms with Crippen molar-refractivity contribution in [2.45, 2.75) is 32.2 Å². The Labute approximate surface area is 222 Å². The lowest BCUT2D eigenvalue weighted by Gasteiger charge is -2.32. The minimum absolute atomic E-state index is 0.0515. The molecule has 2 N–H and O–H groups in total. The van der Waals surface area contributed by atoms with Crippen molar-refractivity contribution in [2.75, 3.05) is 43.4 Å². The molecule has 2 amide bonds. The number of terminal acetylenes is 1. The van der Waals surface area contributed by atoms with E-state index in [4.69, 9.17) is 6.42 Å². The van der Waals surface area contributed by atoms with Crippen LogP contribution >= 0.6 is 11.3 Å². The number of amides is 2. The number of nitrogens with one attached hydrogen (secondary N) is 2. The van der Waals surface area contributed by atoms with Crippen LogP contribution in [-0.2, 0) is 16.1 Å². The molecule has 2 aromatic rings. The maximum absolute atomic E-state index is 13.7. The molecule has 12 heteroatoms. The van der Waals surface area contributed by atoms with Gasteiger partial charge >= 0.3 is 0 Å². The fourth-order valence-electron chi connectivity index (χ4n) is 3.98. The number of likely N-dealkylation sites (N-methyl/N-ethyl adjacent to an activating group) is 1. The topological polar surface area (TPSA) is 110 Å². The van der Waals surface area contributed by atoms with Crippen molar-refractivity contribution < 1.29 is 18.4 Å². The maximum atomic E-state index is 13.7. The van der Waals surface area contributed by atoms with E-state index in [0.717, 1.165) is 11.3 Å². The number of rotatable bonds is 8. The van der Waals surface area contributed by atoms with Gasteiger partial charge in [0, 0.05) is 37.6 Å². The van der Waals surface area contributed by atoms with Gasteiger partial charge < -0.3 is 15.5 Å². The fraction of sp³-hybridized carbons (Fsp3) is 0.385. The molecule has 0 saturated carbocycles. The molecule has 9 nitrogen and oxygen atoms in total. The van der Waals surface area contributed by atoms with Gasteiger partial charge in [-0.2, -0.15) is 5.26 Å². The van der Waals surface area contributed by atoms with E-state index in [1.165, 1.54) is 20.6 Å². The molecule has 1 saturated heterocycles. The summed E-state index contributed by atoms with van der Waals surface area (Å²) in [5, 5.41) is 15.0. The predicted molar refractivity (Wildman–Crippen MR) is 143 cm³/mol. The number of hydrogen-bond acceptors (Lipinski definition) is 7. The Morgan fingerprint density at radius 1 is 1.37 bits per heavy atom. The molecular weight excluding hydrogens is 514 g/mol. The Morgan fingerprint density at radius 3 is 2.79 bits per heavy atom. The number of alkyl halides is 2. The summed E-state index contributed by atoms with van der Waals surface area (Å²) in [5.41, 5.74) is 0.525. The van der Waals surface area contributed by atoms with Gasteiger partial charge in [-0.05, 0) is 38.1 Å². The Bertz CT molecular complexity index is 1470. The van der Waals surface area contributed by atoms with Gasteiger partial charge in [-0.25, -0.2) is 8.78 Å². The molecule has 1 aliphatic heterocycles. The molecule has 3 rings (SSSR count). The summed E-state index contributed by atoms with van der Waals surface area (Å²) in [6.45, 7) is 1.82. The quantitative estimate of drug-likeness (QED) is 0.480. The highest BCUT2D eigenvalue weighted by molar-refractivity contribution is 7.07. The third-order valence-corrected chi connectivity index (χ3v) is 7.07. The fourth-order valence-corrected chi connectivity index (χ4v) is 5.07. The lowest BCUT2D eigenvalue weighted by molar-refractivity contribution is -0.122. The SMILES string of the molecule is C#CCNC(=O)/C(C#N)=c1\s/c(=C/Nc2cccc(N(C)C(=O)CN3CCCC(F)(F)C3)c2)c(=O)n1CC. The minimum atomic E-state index is -2.79. The van der Waals surface area contributed by atoms with Crippen LogP contribution in [0.4, 0.5) is 20.2 Å².